The third-order valence-electron chi connectivity index (χ3n) is 4.43. The number of nitrogens with zero attached hydrogens (tertiary/aromatic N) is 1. The molecule has 0 radical (unpaired) electrons. The third kappa shape index (κ3) is 4.00. The number of aromatic nitrogens is 3. The van der Waals surface area contributed by atoms with Crippen molar-refractivity contribution in [2.24, 2.45) is 0 Å². The molecule has 0 saturated carbocycles. The van der Waals surface area contributed by atoms with Crippen LogP contribution in [0, 0.1) is 9.54 Å². The average molecular weight is 526 g/mol. The number of benzene rings is 3. The van der Waals surface area contributed by atoms with Gasteiger partial charge in [-0.1, -0.05) is 0 Å². The van der Waals surface area contributed by atoms with Gasteiger partial charge < -0.3 is 0 Å². The molecule has 0 amide bonds. The maximum atomic E-state index is 5.32. The third-order valence-corrected chi connectivity index (χ3v) is 24.4. The summed E-state index contributed by atoms with van der Waals surface area (Å²) >= 11 is 7.09. The average Bonchev–Trinajstić information content (AvgIpc) is 2.73. The Morgan fingerprint density at radius 2 is 1.07 bits per heavy atom. The second kappa shape index (κ2) is 8.73. The van der Waals surface area contributed by atoms with Gasteiger partial charge in [0.25, 0.3) is 0 Å². The number of H-pyrrole nitrogens is 2. The quantitative estimate of drug-likeness (QED) is 0.306. The second-order valence-electron chi connectivity index (χ2n) is 6.18. The van der Waals surface area contributed by atoms with Crippen LogP contribution in [0.1, 0.15) is 0 Å². The normalized spacial score (nSPS) is 11.3. The van der Waals surface area contributed by atoms with Gasteiger partial charge in [0.05, 0.1) is 0 Å². The number of aromatic amines is 2. The monoisotopic (exact) mass is 527 g/mol. The van der Waals surface area contributed by atoms with Crippen LogP contribution in [0.25, 0.3) is 0 Å². The van der Waals surface area contributed by atoms with E-state index in [0.29, 0.717) is 9.54 Å². The van der Waals surface area contributed by atoms with Gasteiger partial charge in [-0.25, -0.2) is 0 Å². The number of rotatable bonds is 5. The van der Waals surface area contributed by atoms with E-state index in [2.05, 4.69) is 106 Å². The van der Waals surface area contributed by atoms with Crippen molar-refractivity contribution in [3.63, 3.8) is 0 Å². The fourth-order valence-electron chi connectivity index (χ4n) is 3.26. The molecule has 3 nitrogen and oxygen atoms in total. The summed E-state index contributed by atoms with van der Waals surface area (Å²) < 4.78 is 4.98. The van der Waals surface area contributed by atoms with E-state index in [0.717, 1.165) is 5.16 Å². The Labute approximate surface area is 180 Å². The first kappa shape index (κ1) is 19.6. The zero-order chi connectivity index (χ0) is 19.4. The second-order valence-corrected chi connectivity index (χ2v) is 22.3. The van der Waals surface area contributed by atoms with Gasteiger partial charge in [0.15, 0.2) is 0 Å². The summed E-state index contributed by atoms with van der Waals surface area (Å²) in [5, 5.41) is 0.765. The van der Waals surface area contributed by atoms with Gasteiger partial charge in [0.1, 0.15) is 0 Å². The Morgan fingerprint density at radius 3 is 1.46 bits per heavy atom. The van der Waals surface area contributed by atoms with Crippen LogP contribution >= 0.6 is 33.4 Å². The van der Waals surface area contributed by atoms with Crippen molar-refractivity contribution in [3.8, 4) is 0 Å². The molecule has 0 spiro atoms. The standard InChI is InChI=1S/3C6H5.C3H3N3S3.Sn/c3*1-2-4-6-5-3-1;7-1-4-2(8)6-3(9)5-1;/h3*1-5H;(H3,4,5,6,7,8,9);/q;;;;+1/p-1. The molecule has 0 aliphatic rings. The van der Waals surface area contributed by atoms with Gasteiger partial charge in [-0.05, 0) is 0 Å². The molecular formula is C21H17N3S3Sn. The van der Waals surface area contributed by atoms with E-state index in [-0.39, 0.29) is 0 Å². The summed E-state index contributed by atoms with van der Waals surface area (Å²) in [6, 6.07) is 32.3. The minimum atomic E-state index is -3.51. The molecular weight excluding hydrogens is 509 g/mol. The fourth-order valence-corrected chi connectivity index (χ4v) is 22.4. The summed E-state index contributed by atoms with van der Waals surface area (Å²) in [6.45, 7) is 0. The van der Waals surface area contributed by atoms with E-state index in [4.69, 9.17) is 24.4 Å². The van der Waals surface area contributed by atoms with Crippen LogP contribution in [0.5, 0.6) is 0 Å². The van der Waals surface area contributed by atoms with Crippen LogP contribution in [0.3, 0.4) is 0 Å². The predicted octanol–water partition coefficient (Wildman–Crippen LogP) is 3.96. The van der Waals surface area contributed by atoms with E-state index in [1.54, 1.807) is 0 Å². The molecule has 0 saturated heterocycles. The molecule has 4 aromatic rings. The summed E-state index contributed by atoms with van der Waals surface area (Å²) in [7, 11) is 1.81. The van der Waals surface area contributed by atoms with E-state index in [1.165, 1.54) is 10.7 Å². The first-order chi connectivity index (χ1) is 13.7. The van der Waals surface area contributed by atoms with E-state index in [1.807, 2.05) is 8.95 Å². The topological polar surface area (TPSA) is 44.5 Å². The molecule has 28 heavy (non-hydrogen) atoms. The van der Waals surface area contributed by atoms with Gasteiger partial charge in [-0.3, -0.25) is 0 Å². The van der Waals surface area contributed by atoms with Gasteiger partial charge in [0, 0.05) is 0 Å². The Balaban J connectivity index is 2.03. The van der Waals surface area contributed by atoms with Crippen LogP contribution < -0.4 is 10.7 Å². The molecule has 3 aromatic carbocycles. The SMILES string of the molecule is S=c1nc([S][Sn]([c]2ccccc2)([c]2ccccc2)[c]2ccccc2)[nH]c(=S)[nH]1. The summed E-state index contributed by atoms with van der Waals surface area (Å²) in [4.78, 5) is 10.6. The van der Waals surface area contributed by atoms with Gasteiger partial charge >= 0.3 is 182 Å². The van der Waals surface area contributed by atoms with Crippen molar-refractivity contribution in [2.75, 3.05) is 0 Å². The van der Waals surface area contributed by atoms with Gasteiger partial charge in [0.2, 0.25) is 0 Å². The fraction of sp³-hybridized carbons (Fsp3) is 0. The van der Waals surface area contributed by atoms with Crippen molar-refractivity contribution in [1.82, 2.24) is 15.0 Å². The summed E-state index contributed by atoms with van der Waals surface area (Å²) in [5.74, 6) is 0. The van der Waals surface area contributed by atoms with E-state index < -0.39 is 17.0 Å². The van der Waals surface area contributed by atoms with Crippen LogP contribution in [-0.2, 0) is 0 Å². The zero-order valence-electron chi connectivity index (χ0n) is 14.8. The molecule has 4 rings (SSSR count). The molecule has 1 aromatic heterocycles. The molecule has 0 unspecified atom stereocenters. The number of nitrogens with one attached hydrogen (secondary N) is 2. The van der Waals surface area contributed by atoms with Gasteiger partial charge in [-0.15, -0.1) is 0 Å². The minimum absolute atomic E-state index is 0.403. The maximum absolute atomic E-state index is 5.32. The molecule has 0 bridgehead atoms. The molecule has 1 heterocycles. The van der Waals surface area contributed by atoms with Crippen molar-refractivity contribution in [3.05, 3.63) is 101 Å². The van der Waals surface area contributed by atoms with Crippen LogP contribution in [0.15, 0.2) is 96.2 Å². The van der Waals surface area contributed by atoms with E-state index >= 15 is 0 Å². The van der Waals surface area contributed by atoms with Gasteiger partial charge in [-0.2, -0.15) is 0 Å². The molecule has 7 heteroatoms. The summed E-state index contributed by atoms with van der Waals surface area (Å²) in [5.41, 5.74) is 0. The molecule has 0 aliphatic carbocycles. The number of hydrogen-bond acceptors (Lipinski definition) is 4. The first-order valence-corrected chi connectivity index (χ1v) is 18.2. The Bertz CT molecular complexity index is 1050. The summed E-state index contributed by atoms with van der Waals surface area (Å²) in [6.07, 6.45) is 0. The Hall–Kier alpha value is -1.74. The molecule has 0 aliphatic heterocycles. The van der Waals surface area contributed by atoms with Crippen LogP contribution in [0.4, 0.5) is 0 Å². The van der Waals surface area contributed by atoms with Crippen molar-refractivity contribution in [2.45, 2.75) is 5.16 Å². The molecule has 0 fully saturated rings. The molecule has 138 valence electrons. The van der Waals surface area contributed by atoms with Crippen molar-refractivity contribution < 1.29 is 0 Å². The molecule has 2 N–H and O–H groups in total. The van der Waals surface area contributed by atoms with Crippen LogP contribution in [-0.4, -0.2) is 31.9 Å². The first-order valence-electron chi connectivity index (χ1n) is 8.75. The molecule has 0 atom stereocenters. The van der Waals surface area contributed by atoms with Crippen molar-refractivity contribution >= 4 is 61.1 Å². The number of hydrogen-bond donors (Lipinski definition) is 2. The van der Waals surface area contributed by atoms with Crippen LogP contribution in [0.2, 0.25) is 0 Å². The Morgan fingerprint density at radius 1 is 0.643 bits per heavy atom. The Kier molecular flexibility index (Phi) is 6.10. The van der Waals surface area contributed by atoms with E-state index in [9.17, 15) is 0 Å². The zero-order valence-corrected chi connectivity index (χ0v) is 20.1. The van der Waals surface area contributed by atoms with Crippen molar-refractivity contribution in [1.29, 1.82) is 0 Å². The predicted molar refractivity (Wildman–Crippen MR) is 124 cm³/mol.